The Morgan fingerprint density at radius 1 is 1.11 bits per heavy atom. The smallest absolute Gasteiger partial charge is 0.0409 e. The lowest BCUT2D eigenvalue weighted by atomic mass is 10.2. The normalized spacial score (nSPS) is 18.6. The minimum absolute atomic E-state index is 0.818. The van der Waals surface area contributed by atoms with Crippen LogP contribution in [0.2, 0.25) is 5.02 Å². The number of hydrogen-bond donors (Lipinski definition) is 0. The zero-order valence-corrected chi connectivity index (χ0v) is 11.9. The lowest BCUT2D eigenvalue weighted by Crippen LogP contribution is -2.45. The van der Waals surface area contributed by atoms with Gasteiger partial charge in [0.1, 0.15) is 0 Å². The Morgan fingerprint density at radius 3 is 2.50 bits per heavy atom. The molecule has 0 aliphatic carbocycles. The molecule has 2 nitrogen and oxygen atoms in total. The average molecular weight is 285 g/mol. The fraction of sp³-hybridized carbons (Fsp3) is 0.429. The Labute approximate surface area is 119 Å². The average Bonchev–Trinajstić information content (AvgIpc) is 2.38. The Hall–Kier alpha value is -0.540. The predicted molar refractivity (Wildman–Crippen MR) is 78.2 cm³/mol. The van der Waals surface area contributed by atoms with Gasteiger partial charge < -0.3 is 0 Å². The van der Waals surface area contributed by atoms with E-state index in [-0.39, 0.29) is 0 Å². The van der Waals surface area contributed by atoms with E-state index in [4.69, 9.17) is 23.2 Å². The lowest BCUT2D eigenvalue weighted by molar-refractivity contribution is 0.137. The molecule has 0 unspecified atom stereocenters. The molecule has 0 N–H and O–H groups in total. The molecule has 1 aliphatic heterocycles. The van der Waals surface area contributed by atoms with Crippen molar-refractivity contribution >= 4 is 23.2 Å². The maximum absolute atomic E-state index is 6.00. The number of nitrogens with zero attached hydrogens (tertiary/aromatic N) is 2. The molecule has 0 saturated carbocycles. The van der Waals surface area contributed by atoms with Crippen molar-refractivity contribution in [3.05, 3.63) is 46.5 Å². The summed E-state index contributed by atoms with van der Waals surface area (Å²) in [5.74, 6) is 0. The fourth-order valence-corrected chi connectivity index (χ4v) is 2.50. The van der Waals surface area contributed by atoms with Gasteiger partial charge in [0.15, 0.2) is 0 Å². The summed E-state index contributed by atoms with van der Waals surface area (Å²) in [6, 6.07) is 8.11. The molecular formula is C14H18Cl2N2. The second kappa shape index (κ2) is 7.15. The number of hydrogen-bond acceptors (Lipinski definition) is 2. The molecule has 1 aromatic carbocycles. The van der Waals surface area contributed by atoms with Gasteiger partial charge in [0.25, 0.3) is 0 Å². The van der Waals surface area contributed by atoms with Gasteiger partial charge in [0.05, 0.1) is 0 Å². The molecule has 1 saturated heterocycles. The van der Waals surface area contributed by atoms with Crippen LogP contribution in [0.3, 0.4) is 0 Å². The van der Waals surface area contributed by atoms with Crippen molar-refractivity contribution in [3.63, 3.8) is 0 Å². The van der Waals surface area contributed by atoms with Crippen molar-refractivity contribution in [3.8, 4) is 0 Å². The summed E-state index contributed by atoms with van der Waals surface area (Å²) in [7, 11) is 0. The quantitative estimate of drug-likeness (QED) is 0.838. The predicted octanol–water partition coefficient (Wildman–Crippen LogP) is 3.21. The standard InChI is InChI=1S/C14H18Cl2N2/c15-5-2-6-17-7-9-18(10-8-17)12-13-3-1-4-14(16)11-13/h1-5,11H,6-10,12H2. The molecule has 0 spiro atoms. The van der Waals surface area contributed by atoms with E-state index in [9.17, 15) is 0 Å². The molecule has 0 atom stereocenters. The van der Waals surface area contributed by atoms with Gasteiger partial charge in [-0.2, -0.15) is 0 Å². The molecule has 18 heavy (non-hydrogen) atoms. The minimum atomic E-state index is 0.818. The molecule has 4 heteroatoms. The Bertz CT molecular complexity index is 399. The summed E-state index contributed by atoms with van der Waals surface area (Å²) in [6.07, 6.45) is 1.99. The number of halogens is 2. The summed E-state index contributed by atoms with van der Waals surface area (Å²) in [5, 5.41) is 0.818. The second-order valence-electron chi connectivity index (χ2n) is 4.57. The summed E-state index contributed by atoms with van der Waals surface area (Å²) < 4.78 is 0. The van der Waals surface area contributed by atoms with Crippen LogP contribution in [0, 0.1) is 0 Å². The molecule has 2 rings (SSSR count). The van der Waals surface area contributed by atoms with Gasteiger partial charge in [-0.05, 0) is 17.7 Å². The molecule has 1 heterocycles. The van der Waals surface area contributed by atoms with E-state index in [2.05, 4.69) is 15.9 Å². The molecule has 0 amide bonds. The molecule has 0 radical (unpaired) electrons. The van der Waals surface area contributed by atoms with Crippen molar-refractivity contribution in [1.82, 2.24) is 9.80 Å². The van der Waals surface area contributed by atoms with Crippen LogP contribution in [0.1, 0.15) is 5.56 Å². The minimum Gasteiger partial charge on any atom is -0.297 e. The first-order chi connectivity index (χ1) is 8.78. The maximum atomic E-state index is 6.00. The summed E-state index contributed by atoms with van der Waals surface area (Å²) >= 11 is 11.5. The van der Waals surface area contributed by atoms with E-state index < -0.39 is 0 Å². The van der Waals surface area contributed by atoms with Crippen LogP contribution in [0.15, 0.2) is 35.9 Å². The topological polar surface area (TPSA) is 6.48 Å². The summed E-state index contributed by atoms with van der Waals surface area (Å²) in [6.45, 7) is 6.34. The first-order valence-electron chi connectivity index (χ1n) is 6.22. The molecule has 1 aliphatic rings. The second-order valence-corrected chi connectivity index (χ2v) is 5.26. The van der Waals surface area contributed by atoms with Gasteiger partial charge in [0, 0.05) is 49.8 Å². The van der Waals surface area contributed by atoms with Gasteiger partial charge in [0.2, 0.25) is 0 Å². The largest absolute Gasteiger partial charge is 0.297 e. The van der Waals surface area contributed by atoms with E-state index in [0.29, 0.717) is 0 Å². The van der Waals surface area contributed by atoms with Crippen LogP contribution >= 0.6 is 23.2 Å². The van der Waals surface area contributed by atoms with Gasteiger partial charge in [-0.1, -0.05) is 41.4 Å². The van der Waals surface area contributed by atoms with Crippen LogP contribution < -0.4 is 0 Å². The molecular weight excluding hydrogens is 267 g/mol. The molecule has 0 aromatic heterocycles. The van der Waals surface area contributed by atoms with Crippen molar-refractivity contribution < 1.29 is 0 Å². The Morgan fingerprint density at radius 2 is 1.83 bits per heavy atom. The van der Waals surface area contributed by atoms with E-state index in [0.717, 1.165) is 44.3 Å². The first-order valence-corrected chi connectivity index (χ1v) is 7.04. The van der Waals surface area contributed by atoms with Crippen molar-refractivity contribution in [1.29, 1.82) is 0 Å². The van der Waals surface area contributed by atoms with E-state index >= 15 is 0 Å². The van der Waals surface area contributed by atoms with Crippen LogP contribution in [-0.2, 0) is 6.54 Å². The van der Waals surface area contributed by atoms with Crippen molar-refractivity contribution in [2.24, 2.45) is 0 Å². The maximum Gasteiger partial charge on any atom is 0.0409 e. The number of piperazine rings is 1. The first kappa shape index (κ1) is 13.9. The zero-order chi connectivity index (χ0) is 12.8. The van der Waals surface area contributed by atoms with Crippen LogP contribution in [0.5, 0.6) is 0 Å². The van der Waals surface area contributed by atoms with Crippen LogP contribution in [0.25, 0.3) is 0 Å². The number of rotatable bonds is 4. The highest BCUT2D eigenvalue weighted by atomic mass is 35.5. The van der Waals surface area contributed by atoms with Gasteiger partial charge in [-0.15, -0.1) is 0 Å². The van der Waals surface area contributed by atoms with E-state index in [1.54, 1.807) is 5.54 Å². The molecule has 0 bridgehead atoms. The molecule has 1 fully saturated rings. The third-order valence-electron chi connectivity index (χ3n) is 3.21. The van der Waals surface area contributed by atoms with Crippen molar-refractivity contribution in [2.75, 3.05) is 32.7 Å². The van der Waals surface area contributed by atoms with E-state index in [1.807, 2.05) is 24.3 Å². The third-order valence-corrected chi connectivity index (χ3v) is 3.63. The van der Waals surface area contributed by atoms with E-state index in [1.165, 1.54) is 5.56 Å². The monoisotopic (exact) mass is 284 g/mol. The highest BCUT2D eigenvalue weighted by Crippen LogP contribution is 2.13. The SMILES string of the molecule is ClC=CCN1CCN(Cc2cccc(Cl)c2)CC1. The summed E-state index contributed by atoms with van der Waals surface area (Å²) in [4.78, 5) is 4.87. The van der Waals surface area contributed by atoms with Gasteiger partial charge >= 0.3 is 0 Å². The third kappa shape index (κ3) is 4.29. The van der Waals surface area contributed by atoms with Crippen LogP contribution in [0.4, 0.5) is 0 Å². The highest BCUT2D eigenvalue weighted by Gasteiger charge is 2.15. The van der Waals surface area contributed by atoms with Gasteiger partial charge in [-0.3, -0.25) is 9.80 Å². The zero-order valence-electron chi connectivity index (χ0n) is 10.4. The van der Waals surface area contributed by atoms with Gasteiger partial charge in [-0.25, -0.2) is 0 Å². The molecule has 1 aromatic rings. The number of benzene rings is 1. The Balaban J connectivity index is 1.80. The molecule has 98 valence electrons. The lowest BCUT2D eigenvalue weighted by Gasteiger charge is -2.34. The summed E-state index contributed by atoms with van der Waals surface area (Å²) in [5.41, 5.74) is 2.88. The van der Waals surface area contributed by atoms with Crippen LogP contribution in [-0.4, -0.2) is 42.5 Å². The fourth-order valence-electron chi connectivity index (χ4n) is 2.21. The van der Waals surface area contributed by atoms with Crippen molar-refractivity contribution in [2.45, 2.75) is 6.54 Å². The Kier molecular flexibility index (Phi) is 5.51. The highest BCUT2D eigenvalue weighted by molar-refractivity contribution is 6.30.